The van der Waals surface area contributed by atoms with Crippen LogP contribution in [0.4, 0.5) is 0 Å². The predicted octanol–water partition coefficient (Wildman–Crippen LogP) is 2.04. The summed E-state index contributed by atoms with van der Waals surface area (Å²) >= 11 is 0. The third-order valence-electron chi connectivity index (χ3n) is 3.39. The maximum Gasteiger partial charge on any atom is 0.0669 e. The number of hydrogen-bond donors (Lipinski definition) is 1. The summed E-state index contributed by atoms with van der Waals surface area (Å²) in [6, 6.07) is 0. The molecule has 3 heteroatoms. The molecule has 1 N–H and O–H groups in total. The van der Waals surface area contributed by atoms with Gasteiger partial charge in [0.05, 0.1) is 17.8 Å². The monoisotopic (exact) mass is 229 g/mol. The van der Waals surface area contributed by atoms with E-state index >= 15 is 0 Å². The second-order valence-corrected chi connectivity index (χ2v) is 5.88. The van der Waals surface area contributed by atoms with Crippen LogP contribution in [0.25, 0.3) is 0 Å². The van der Waals surface area contributed by atoms with Crippen LogP contribution >= 0.6 is 0 Å². The van der Waals surface area contributed by atoms with E-state index < -0.39 is 5.60 Å². The molecule has 1 saturated heterocycles. The molecule has 0 saturated carbocycles. The Morgan fingerprint density at radius 1 is 1.25 bits per heavy atom. The quantitative estimate of drug-likeness (QED) is 0.800. The number of likely N-dealkylation sites (tertiary alicyclic amines) is 1. The van der Waals surface area contributed by atoms with Crippen LogP contribution in [0, 0.1) is 0 Å². The van der Waals surface area contributed by atoms with Gasteiger partial charge in [0, 0.05) is 19.6 Å². The summed E-state index contributed by atoms with van der Waals surface area (Å²) in [5.41, 5.74) is -0.443. The minimum atomic E-state index is -0.401. The van der Waals surface area contributed by atoms with Crippen LogP contribution in [-0.2, 0) is 4.74 Å². The minimum Gasteiger partial charge on any atom is -0.390 e. The van der Waals surface area contributed by atoms with Gasteiger partial charge in [-0.2, -0.15) is 0 Å². The molecular formula is C13H27NO2. The molecule has 0 spiro atoms. The molecule has 0 bridgehead atoms. The fraction of sp³-hybridized carbons (Fsp3) is 1.00. The summed E-state index contributed by atoms with van der Waals surface area (Å²) in [5.74, 6) is 0. The van der Waals surface area contributed by atoms with Gasteiger partial charge in [-0.3, -0.25) is 0 Å². The summed E-state index contributed by atoms with van der Waals surface area (Å²) < 4.78 is 5.71. The molecule has 96 valence electrons. The highest BCUT2D eigenvalue weighted by molar-refractivity contribution is 4.84. The molecule has 0 aliphatic carbocycles. The van der Waals surface area contributed by atoms with Crippen molar-refractivity contribution in [2.45, 2.75) is 58.2 Å². The van der Waals surface area contributed by atoms with Crippen molar-refractivity contribution in [1.82, 2.24) is 4.90 Å². The largest absolute Gasteiger partial charge is 0.390 e. The maximum atomic E-state index is 10.1. The lowest BCUT2D eigenvalue weighted by Crippen LogP contribution is -2.45. The molecule has 1 fully saturated rings. The summed E-state index contributed by atoms with van der Waals surface area (Å²) in [6.45, 7) is 12.1. The molecule has 0 aromatic rings. The average molecular weight is 229 g/mol. The third kappa shape index (κ3) is 4.81. The van der Waals surface area contributed by atoms with Gasteiger partial charge in [0.15, 0.2) is 0 Å². The van der Waals surface area contributed by atoms with Crippen LogP contribution in [0.3, 0.4) is 0 Å². The van der Waals surface area contributed by atoms with Gasteiger partial charge in [0.25, 0.3) is 0 Å². The number of rotatable bonds is 4. The smallest absolute Gasteiger partial charge is 0.0669 e. The third-order valence-corrected chi connectivity index (χ3v) is 3.39. The van der Waals surface area contributed by atoms with Crippen LogP contribution in [-0.4, -0.2) is 47.4 Å². The number of ether oxygens (including phenoxy) is 1. The van der Waals surface area contributed by atoms with Crippen LogP contribution in [0.15, 0.2) is 0 Å². The van der Waals surface area contributed by atoms with E-state index in [9.17, 15) is 5.11 Å². The fourth-order valence-corrected chi connectivity index (χ4v) is 2.03. The Hall–Kier alpha value is -0.120. The molecular weight excluding hydrogens is 202 g/mol. The van der Waals surface area contributed by atoms with E-state index in [-0.39, 0.29) is 5.60 Å². The molecule has 1 aliphatic heterocycles. The Balaban J connectivity index is 2.18. The highest BCUT2D eigenvalue weighted by Gasteiger charge is 2.30. The van der Waals surface area contributed by atoms with Crippen molar-refractivity contribution in [3.05, 3.63) is 0 Å². The van der Waals surface area contributed by atoms with E-state index in [1.165, 1.54) is 0 Å². The van der Waals surface area contributed by atoms with Crippen molar-refractivity contribution in [3.63, 3.8) is 0 Å². The van der Waals surface area contributed by atoms with Gasteiger partial charge in [-0.05, 0) is 40.0 Å². The Kier molecular flexibility index (Phi) is 4.77. The molecule has 1 rings (SSSR count). The number of aliphatic hydroxyl groups is 1. The molecule has 3 nitrogen and oxygen atoms in total. The summed E-state index contributed by atoms with van der Waals surface area (Å²) in [5, 5.41) is 10.1. The van der Waals surface area contributed by atoms with Crippen molar-refractivity contribution in [2.24, 2.45) is 0 Å². The zero-order valence-electron chi connectivity index (χ0n) is 11.3. The van der Waals surface area contributed by atoms with E-state index in [0.717, 1.165) is 45.5 Å². The Morgan fingerprint density at radius 2 is 1.81 bits per heavy atom. The first-order chi connectivity index (χ1) is 7.35. The van der Waals surface area contributed by atoms with Crippen molar-refractivity contribution >= 4 is 0 Å². The topological polar surface area (TPSA) is 32.7 Å². The fourth-order valence-electron chi connectivity index (χ4n) is 2.03. The first kappa shape index (κ1) is 13.9. The van der Waals surface area contributed by atoms with E-state index in [2.05, 4.69) is 32.6 Å². The van der Waals surface area contributed by atoms with Crippen LogP contribution in [0.5, 0.6) is 0 Å². The normalized spacial score (nSPS) is 22.3. The zero-order valence-corrected chi connectivity index (χ0v) is 11.3. The molecule has 0 aromatic carbocycles. The van der Waals surface area contributed by atoms with E-state index in [1.54, 1.807) is 0 Å². The van der Waals surface area contributed by atoms with Gasteiger partial charge >= 0.3 is 0 Å². The van der Waals surface area contributed by atoms with Gasteiger partial charge in [0.1, 0.15) is 0 Å². The lowest BCUT2D eigenvalue weighted by molar-refractivity contribution is -0.0451. The van der Waals surface area contributed by atoms with E-state index in [4.69, 9.17) is 4.74 Å². The van der Waals surface area contributed by atoms with Crippen molar-refractivity contribution in [1.29, 1.82) is 0 Å². The number of nitrogens with zero attached hydrogens (tertiary/aromatic N) is 1. The first-order valence-corrected chi connectivity index (χ1v) is 6.43. The molecule has 0 radical (unpaired) electrons. The van der Waals surface area contributed by atoms with Crippen molar-refractivity contribution < 1.29 is 9.84 Å². The highest BCUT2D eigenvalue weighted by Crippen LogP contribution is 2.24. The van der Waals surface area contributed by atoms with Crippen LogP contribution < -0.4 is 0 Å². The number of piperidine rings is 1. The second kappa shape index (κ2) is 5.48. The van der Waals surface area contributed by atoms with Gasteiger partial charge < -0.3 is 14.7 Å². The standard InChI is InChI=1S/C13H27NO2/c1-5-13(15)6-8-14(9-7-13)10-11-16-12(2,3)4/h15H,5-11H2,1-4H3. The predicted molar refractivity (Wildman–Crippen MR) is 66.6 cm³/mol. The Morgan fingerprint density at radius 3 is 2.25 bits per heavy atom. The SMILES string of the molecule is CCC1(O)CCN(CCOC(C)(C)C)CC1. The van der Waals surface area contributed by atoms with Gasteiger partial charge in [-0.1, -0.05) is 6.92 Å². The Bertz CT molecular complexity index is 202. The van der Waals surface area contributed by atoms with Crippen LogP contribution in [0.2, 0.25) is 0 Å². The van der Waals surface area contributed by atoms with Gasteiger partial charge in [0.2, 0.25) is 0 Å². The number of hydrogen-bond acceptors (Lipinski definition) is 3. The lowest BCUT2D eigenvalue weighted by atomic mass is 9.89. The zero-order chi connectivity index (χ0) is 12.2. The summed E-state index contributed by atoms with van der Waals surface area (Å²) in [6.07, 6.45) is 2.68. The van der Waals surface area contributed by atoms with Crippen LogP contribution in [0.1, 0.15) is 47.0 Å². The van der Waals surface area contributed by atoms with Gasteiger partial charge in [-0.25, -0.2) is 0 Å². The maximum absolute atomic E-state index is 10.1. The minimum absolute atomic E-state index is 0.0417. The Labute approximate surface area is 99.8 Å². The van der Waals surface area contributed by atoms with Crippen molar-refractivity contribution in [2.75, 3.05) is 26.2 Å². The molecule has 16 heavy (non-hydrogen) atoms. The first-order valence-electron chi connectivity index (χ1n) is 6.43. The van der Waals surface area contributed by atoms with Crippen molar-refractivity contribution in [3.8, 4) is 0 Å². The van der Waals surface area contributed by atoms with E-state index in [0.29, 0.717) is 0 Å². The molecule has 1 aliphatic rings. The molecule has 0 amide bonds. The van der Waals surface area contributed by atoms with E-state index in [1.807, 2.05) is 0 Å². The molecule has 0 aromatic heterocycles. The van der Waals surface area contributed by atoms with Gasteiger partial charge in [-0.15, -0.1) is 0 Å². The molecule has 0 unspecified atom stereocenters. The summed E-state index contributed by atoms with van der Waals surface area (Å²) in [7, 11) is 0. The summed E-state index contributed by atoms with van der Waals surface area (Å²) in [4.78, 5) is 2.38. The average Bonchev–Trinajstić information content (AvgIpc) is 2.20. The lowest BCUT2D eigenvalue weighted by Gasteiger charge is -2.37. The molecule has 0 atom stereocenters. The highest BCUT2D eigenvalue weighted by atomic mass is 16.5. The molecule has 1 heterocycles. The second-order valence-electron chi connectivity index (χ2n) is 5.88.